The maximum atomic E-state index is 12.2. The maximum Gasteiger partial charge on any atom is 0.317 e. The number of thioether (sulfide) groups is 1. The molecule has 1 aromatic carbocycles. The zero-order valence-electron chi connectivity index (χ0n) is 12.9. The van der Waals surface area contributed by atoms with Crippen LogP contribution in [0.3, 0.4) is 0 Å². The molecule has 3 rings (SSSR count). The minimum atomic E-state index is 0.0379. The van der Waals surface area contributed by atoms with Gasteiger partial charge in [0.2, 0.25) is 0 Å². The topological polar surface area (TPSA) is 41.6 Å². The van der Waals surface area contributed by atoms with Crippen molar-refractivity contribution in [2.45, 2.75) is 38.3 Å². The first-order valence-electron chi connectivity index (χ1n) is 8.18. The number of rotatable bonds is 4. The quantitative estimate of drug-likeness (QED) is 0.926. The molecule has 1 saturated heterocycles. The molecule has 2 amide bonds. The molecule has 1 N–H and O–H groups in total. The van der Waals surface area contributed by atoms with Gasteiger partial charge in [0.1, 0.15) is 5.75 Å². The molecule has 2 aliphatic rings. The highest BCUT2D eigenvalue weighted by Gasteiger charge is 2.19. The molecule has 0 radical (unpaired) electrons. The van der Waals surface area contributed by atoms with E-state index in [1.54, 1.807) is 0 Å². The van der Waals surface area contributed by atoms with Crippen LogP contribution in [0.4, 0.5) is 4.79 Å². The number of nitrogens with one attached hydrogen (secondary N) is 1. The summed E-state index contributed by atoms with van der Waals surface area (Å²) in [7, 11) is 0. The summed E-state index contributed by atoms with van der Waals surface area (Å²) in [6.07, 6.45) is 5.15. The number of urea groups is 1. The molecule has 2 fully saturated rings. The molecule has 1 aliphatic heterocycles. The summed E-state index contributed by atoms with van der Waals surface area (Å²) in [5.74, 6) is 2.99. The van der Waals surface area contributed by atoms with Gasteiger partial charge in [0, 0.05) is 36.7 Å². The van der Waals surface area contributed by atoms with Gasteiger partial charge < -0.3 is 15.0 Å². The van der Waals surface area contributed by atoms with E-state index in [4.69, 9.17) is 4.74 Å². The molecule has 5 heteroatoms. The number of benzene rings is 1. The minimum absolute atomic E-state index is 0.0379. The Morgan fingerprint density at radius 2 is 1.95 bits per heavy atom. The van der Waals surface area contributed by atoms with Crippen LogP contribution in [0.5, 0.6) is 5.75 Å². The highest BCUT2D eigenvalue weighted by molar-refractivity contribution is 7.99. The molecule has 4 nitrogen and oxygen atoms in total. The summed E-state index contributed by atoms with van der Waals surface area (Å²) in [5, 5.41) is 3.03. The Morgan fingerprint density at radius 1 is 1.23 bits per heavy atom. The van der Waals surface area contributed by atoms with Gasteiger partial charge in [0.15, 0.2) is 0 Å². The first-order valence-corrected chi connectivity index (χ1v) is 9.33. The van der Waals surface area contributed by atoms with Gasteiger partial charge in [-0.2, -0.15) is 11.8 Å². The van der Waals surface area contributed by atoms with E-state index in [0.29, 0.717) is 12.6 Å². The Hall–Kier alpha value is -1.36. The Bertz CT molecular complexity index is 497. The molecule has 22 heavy (non-hydrogen) atoms. The lowest BCUT2D eigenvalue weighted by molar-refractivity contribution is 0.200. The van der Waals surface area contributed by atoms with Gasteiger partial charge in [-0.05, 0) is 31.7 Å². The van der Waals surface area contributed by atoms with E-state index in [1.165, 1.54) is 12.8 Å². The van der Waals surface area contributed by atoms with E-state index in [1.807, 2.05) is 40.9 Å². The first kappa shape index (κ1) is 15.5. The van der Waals surface area contributed by atoms with E-state index in [9.17, 15) is 4.79 Å². The molecular formula is C17H24N2O2S. The van der Waals surface area contributed by atoms with Crippen molar-refractivity contribution in [2.75, 3.05) is 24.6 Å². The Morgan fingerprint density at radius 3 is 2.73 bits per heavy atom. The number of hydrogen-bond acceptors (Lipinski definition) is 3. The van der Waals surface area contributed by atoms with Crippen LogP contribution in [0.15, 0.2) is 24.3 Å². The van der Waals surface area contributed by atoms with Crippen molar-refractivity contribution in [3.8, 4) is 5.75 Å². The van der Waals surface area contributed by atoms with E-state index >= 15 is 0 Å². The zero-order chi connectivity index (χ0) is 15.2. The number of ether oxygens (including phenoxy) is 1. The smallest absolute Gasteiger partial charge is 0.317 e. The summed E-state index contributed by atoms with van der Waals surface area (Å²) in [4.78, 5) is 14.1. The summed E-state index contributed by atoms with van der Waals surface area (Å²) in [6.45, 7) is 2.22. The molecule has 1 aliphatic carbocycles. The van der Waals surface area contributed by atoms with Crippen LogP contribution in [-0.4, -0.2) is 41.6 Å². The fourth-order valence-electron chi connectivity index (χ4n) is 3.00. The second-order valence-corrected chi connectivity index (χ2v) is 7.11. The van der Waals surface area contributed by atoms with Crippen molar-refractivity contribution >= 4 is 17.8 Å². The van der Waals surface area contributed by atoms with Crippen molar-refractivity contribution in [1.82, 2.24) is 10.2 Å². The number of nitrogens with zero attached hydrogens (tertiary/aromatic N) is 1. The molecule has 1 heterocycles. The van der Waals surface area contributed by atoms with Crippen LogP contribution in [0.2, 0.25) is 0 Å². The van der Waals surface area contributed by atoms with E-state index in [0.717, 1.165) is 48.7 Å². The molecule has 1 saturated carbocycles. The summed E-state index contributed by atoms with van der Waals surface area (Å²) in [6, 6.07) is 8.09. The second-order valence-electron chi connectivity index (χ2n) is 5.89. The lowest BCUT2D eigenvalue weighted by Gasteiger charge is -2.26. The minimum Gasteiger partial charge on any atom is -0.490 e. The van der Waals surface area contributed by atoms with Crippen LogP contribution in [0, 0.1) is 0 Å². The average molecular weight is 320 g/mol. The Kier molecular flexibility index (Phi) is 5.48. The lowest BCUT2D eigenvalue weighted by Crippen LogP contribution is -2.44. The van der Waals surface area contributed by atoms with E-state index < -0.39 is 0 Å². The van der Waals surface area contributed by atoms with Gasteiger partial charge in [-0.1, -0.05) is 18.2 Å². The van der Waals surface area contributed by atoms with Crippen LogP contribution >= 0.6 is 11.8 Å². The number of hydrogen-bond donors (Lipinski definition) is 1. The van der Waals surface area contributed by atoms with Crippen molar-refractivity contribution in [2.24, 2.45) is 0 Å². The largest absolute Gasteiger partial charge is 0.490 e. The van der Waals surface area contributed by atoms with Crippen molar-refractivity contribution in [3.05, 3.63) is 29.8 Å². The van der Waals surface area contributed by atoms with Crippen molar-refractivity contribution in [1.29, 1.82) is 0 Å². The van der Waals surface area contributed by atoms with E-state index in [2.05, 4.69) is 5.32 Å². The fraction of sp³-hybridized carbons (Fsp3) is 0.588. The molecule has 0 bridgehead atoms. The van der Waals surface area contributed by atoms with Crippen molar-refractivity contribution in [3.63, 3.8) is 0 Å². The third-order valence-corrected chi connectivity index (χ3v) is 5.24. The van der Waals surface area contributed by atoms with Gasteiger partial charge in [-0.3, -0.25) is 0 Å². The molecule has 0 aromatic heterocycles. The van der Waals surface area contributed by atoms with Crippen LogP contribution in [-0.2, 0) is 6.54 Å². The second kappa shape index (κ2) is 7.77. The summed E-state index contributed by atoms with van der Waals surface area (Å²) in [5.41, 5.74) is 1.06. The van der Waals surface area contributed by atoms with Gasteiger partial charge in [0.25, 0.3) is 0 Å². The third kappa shape index (κ3) is 4.09. The predicted molar refractivity (Wildman–Crippen MR) is 90.5 cm³/mol. The van der Waals surface area contributed by atoms with Gasteiger partial charge in [-0.25, -0.2) is 4.79 Å². The Labute approximate surface area is 136 Å². The first-order chi connectivity index (χ1) is 10.8. The van der Waals surface area contributed by atoms with Crippen molar-refractivity contribution < 1.29 is 9.53 Å². The molecule has 120 valence electrons. The molecule has 0 spiro atoms. The fourth-order valence-corrected chi connectivity index (χ4v) is 3.90. The monoisotopic (exact) mass is 320 g/mol. The number of para-hydroxylation sites is 1. The van der Waals surface area contributed by atoms with Crippen LogP contribution in [0.25, 0.3) is 0 Å². The molecule has 0 atom stereocenters. The highest BCUT2D eigenvalue weighted by atomic mass is 32.2. The number of carbonyl (C=O) groups excluding carboxylic acids is 1. The lowest BCUT2D eigenvalue weighted by atomic mass is 10.2. The van der Waals surface area contributed by atoms with Crippen LogP contribution < -0.4 is 10.1 Å². The van der Waals surface area contributed by atoms with Crippen LogP contribution in [0.1, 0.15) is 31.2 Å². The highest BCUT2D eigenvalue weighted by Crippen LogP contribution is 2.26. The van der Waals surface area contributed by atoms with Gasteiger partial charge in [0.05, 0.1) is 6.10 Å². The normalized spacial score (nSPS) is 19.2. The molecule has 1 aromatic rings. The van der Waals surface area contributed by atoms with Gasteiger partial charge in [-0.15, -0.1) is 0 Å². The molecule has 0 unspecified atom stereocenters. The van der Waals surface area contributed by atoms with Gasteiger partial charge >= 0.3 is 6.03 Å². The predicted octanol–water partition coefficient (Wildman–Crippen LogP) is 3.27. The number of amides is 2. The summed E-state index contributed by atoms with van der Waals surface area (Å²) < 4.78 is 6.12. The Balaban J connectivity index is 1.56. The zero-order valence-corrected chi connectivity index (χ0v) is 13.7. The third-order valence-electron chi connectivity index (χ3n) is 4.30. The maximum absolute atomic E-state index is 12.2. The standard InChI is InChI=1S/C17H24N2O2S/c20-17(19-9-11-22-12-10-19)18-13-14-5-1-4-8-16(14)21-15-6-2-3-7-15/h1,4-5,8,15H,2-3,6-7,9-13H2,(H,18,20). The molecular weight excluding hydrogens is 296 g/mol. The van der Waals surface area contributed by atoms with E-state index in [-0.39, 0.29) is 6.03 Å². The SMILES string of the molecule is O=C(NCc1ccccc1OC1CCCC1)N1CCSCC1. The average Bonchev–Trinajstić information content (AvgIpc) is 3.07. The summed E-state index contributed by atoms with van der Waals surface area (Å²) >= 11 is 1.91. The number of carbonyl (C=O) groups is 1.